The van der Waals surface area contributed by atoms with Crippen molar-refractivity contribution in [2.45, 2.75) is 16.8 Å². The van der Waals surface area contributed by atoms with E-state index in [9.17, 15) is 10.1 Å². The molecule has 0 spiro atoms. The van der Waals surface area contributed by atoms with Gasteiger partial charge in [0.15, 0.2) is 5.03 Å². The van der Waals surface area contributed by atoms with Crippen molar-refractivity contribution in [2.24, 2.45) is 0 Å². The predicted octanol–water partition coefficient (Wildman–Crippen LogP) is 3.09. The highest BCUT2D eigenvalue weighted by atomic mass is 35.5. The number of rotatable bonds is 3. The van der Waals surface area contributed by atoms with Gasteiger partial charge in [0, 0.05) is 0 Å². The predicted molar refractivity (Wildman–Crippen MR) is 61.3 cm³/mol. The molecule has 8 heteroatoms. The summed E-state index contributed by atoms with van der Waals surface area (Å²) in [6.07, 6.45) is 2.69. The number of halogens is 1. The zero-order valence-corrected chi connectivity index (χ0v) is 10.2. The molecule has 6 nitrogen and oxygen atoms in total. The minimum absolute atomic E-state index is 0.173. The first-order valence-electron chi connectivity index (χ1n) is 4.46. The summed E-state index contributed by atoms with van der Waals surface area (Å²) in [7, 11) is 0. The molecule has 2 rings (SSSR count). The third-order valence-electron chi connectivity index (χ3n) is 1.94. The van der Waals surface area contributed by atoms with Gasteiger partial charge in [-0.15, -0.1) is 0 Å². The standard InChI is InChI=1S/C9H6ClN3O3S/c1-5-6(2-3-16-5)17-9-7(13(14)15)8(10)11-4-12-9/h2-4H,1H3. The first-order chi connectivity index (χ1) is 8.09. The fourth-order valence-corrected chi connectivity index (χ4v) is 2.30. The van der Waals surface area contributed by atoms with Crippen molar-refractivity contribution < 1.29 is 9.34 Å². The minimum atomic E-state index is -0.597. The monoisotopic (exact) mass is 271 g/mol. The van der Waals surface area contributed by atoms with E-state index in [0.717, 1.165) is 16.7 Å². The molecule has 0 aromatic carbocycles. The summed E-state index contributed by atoms with van der Waals surface area (Å²) in [6, 6.07) is 1.71. The van der Waals surface area contributed by atoms with Gasteiger partial charge in [0.1, 0.15) is 12.1 Å². The van der Waals surface area contributed by atoms with Crippen LogP contribution in [0.15, 0.2) is 33.0 Å². The molecule has 0 aliphatic carbocycles. The zero-order valence-electron chi connectivity index (χ0n) is 8.58. The van der Waals surface area contributed by atoms with Crippen molar-refractivity contribution in [2.75, 3.05) is 0 Å². The SMILES string of the molecule is Cc1occc1Sc1ncnc(Cl)c1[N+](=O)[O-]. The van der Waals surface area contributed by atoms with Gasteiger partial charge in [-0.2, -0.15) is 0 Å². The average Bonchev–Trinajstić information content (AvgIpc) is 2.64. The first kappa shape index (κ1) is 11.9. The third kappa shape index (κ3) is 2.40. The Hall–Kier alpha value is -1.60. The highest BCUT2D eigenvalue weighted by Gasteiger charge is 2.23. The number of aryl methyl sites for hydroxylation is 1. The molecule has 0 aliphatic rings. The van der Waals surface area contributed by atoms with Crippen molar-refractivity contribution >= 4 is 29.1 Å². The van der Waals surface area contributed by atoms with Crippen LogP contribution in [0, 0.1) is 17.0 Å². The summed E-state index contributed by atoms with van der Waals surface area (Å²) in [5, 5.41) is 10.9. The van der Waals surface area contributed by atoms with Crippen LogP contribution >= 0.6 is 23.4 Å². The van der Waals surface area contributed by atoms with Crippen molar-refractivity contribution in [3.05, 3.63) is 39.7 Å². The second-order valence-electron chi connectivity index (χ2n) is 3.02. The molecule has 0 bridgehead atoms. The summed E-state index contributed by atoms with van der Waals surface area (Å²) >= 11 is 6.79. The lowest BCUT2D eigenvalue weighted by Gasteiger charge is -2.01. The van der Waals surface area contributed by atoms with Gasteiger partial charge in [-0.25, -0.2) is 9.97 Å². The molecule has 0 saturated carbocycles. The lowest BCUT2D eigenvalue weighted by atomic mass is 10.5. The highest BCUT2D eigenvalue weighted by molar-refractivity contribution is 7.99. The van der Waals surface area contributed by atoms with Crippen LogP contribution in [-0.4, -0.2) is 14.9 Å². The Morgan fingerprint density at radius 2 is 2.29 bits per heavy atom. The Labute approximate surface area is 105 Å². The minimum Gasteiger partial charge on any atom is -0.468 e. The Morgan fingerprint density at radius 1 is 1.53 bits per heavy atom. The number of hydrogen-bond donors (Lipinski definition) is 0. The number of nitro groups is 1. The molecule has 0 radical (unpaired) electrons. The van der Waals surface area contributed by atoms with Gasteiger partial charge >= 0.3 is 5.69 Å². The van der Waals surface area contributed by atoms with Gasteiger partial charge in [0.05, 0.1) is 16.1 Å². The van der Waals surface area contributed by atoms with Crippen LogP contribution in [-0.2, 0) is 0 Å². The molecule has 2 aromatic heterocycles. The second-order valence-corrected chi connectivity index (χ2v) is 4.41. The molecule has 0 fully saturated rings. The van der Waals surface area contributed by atoms with E-state index in [1.54, 1.807) is 13.0 Å². The van der Waals surface area contributed by atoms with Crippen LogP contribution in [0.1, 0.15) is 5.76 Å². The molecular formula is C9H6ClN3O3S. The van der Waals surface area contributed by atoms with Gasteiger partial charge in [-0.05, 0) is 13.0 Å². The van der Waals surface area contributed by atoms with Crippen molar-refractivity contribution in [3.8, 4) is 0 Å². The van der Waals surface area contributed by atoms with E-state index in [2.05, 4.69) is 9.97 Å². The normalized spacial score (nSPS) is 10.5. The van der Waals surface area contributed by atoms with E-state index >= 15 is 0 Å². The second kappa shape index (κ2) is 4.72. The molecule has 17 heavy (non-hydrogen) atoms. The fraction of sp³-hybridized carbons (Fsp3) is 0.111. The lowest BCUT2D eigenvalue weighted by Crippen LogP contribution is -1.96. The zero-order chi connectivity index (χ0) is 12.4. The Bertz CT molecular complexity index is 572. The number of furan rings is 1. The lowest BCUT2D eigenvalue weighted by molar-refractivity contribution is -0.388. The quantitative estimate of drug-likeness (QED) is 0.485. The van der Waals surface area contributed by atoms with E-state index in [0.29, 0.717) is 5.76 Å². The van der Waals surface area contributed by atoms with Crippen LogP contribution in [0.25, 0.3) is 0 Å². The summed E-state index contributed by atoms with van der Waals surface area (Å²) in [5.41, 5.74) is -0.292. The Balaban J connectivity index is 2.43. The molecule has 0 N–H and O–H groups in total. The summed E-state index contributed by atoms with van der Waals surface area (Å²) in [5.74, 6) is 0.666. The number of nitrogens with zero attached hydrogens (tertiary/aromatic N) is 3. The van der Waals surface area contributed by atoms with Crippen LogP contribution in [0.4, 0.5) is 5.69 Å². The third-order valence-corrected chi connectivity index (χ3v) is 3.36. The maximum atomic E-state index is 10.9. The van der Waals surface area contributed by atoms with E-state index in [1.807, 2.05) is 0 Å². The Kier molecular flexibility index (Phi) is 3.30. The Morgan fingerprint density at radius 3 is 2.88 bits per heavy atom. The molecule has 0 unspecified atom stereocenters. The van der Waals surface area contributed by atoms with Crippen molar-refractivity contribution in [1.29, 1.82) is 0 Å². The number of hydrogen-bond acceptors (Lipinski definition) is 6. The molecule has 0 amide bonds. The molecule has 88 valence electrons. The van der Waals surface area contributed by atoms with E-state index in [-0.39, 0.29) is 15.9 Å². The largest absolute Gasteiger partial charge is 0.468 e. The topological polar surface area (TPSA) is 82.1 Å². The molecule has 2 heterocycles. The van der Waals surface area contributed by atoms with Crippen LogP contribution < -0.4 is 0 Å². The summed E-state index contributed by atoms with van der Waals surface area (Å²) < 4.78 is 5.10. The van der Waals surface area contributed by atoms with E-state index < -0.39 is 4.92 Å². The number of aromatic nitrogens is 2. The molecule has 0 atom stereocenters. The first-order valence-corrected chi connectivity index (χ1v) is 5.66. The van der Waals surface area contributed by atoms with Gasteiger partial charge in [-0.3, -0.25) is 10.1 Å². The van der Waals surface area contributed by atoms with Crippen molar-refractivity contribution in [3.63, 3.8) is 0 Å². The van der Waals surface area contributed by atoms with Gasteiger partial charge in [0.25, 0.3) is 0 Å². The van der Waals surface area contributed by atoms with E-state index in [1.165, 1.54) is 12.6 Å². The maximum absolute atomic E-state index is 10.9. The van der Waals surface area contributed by atoms with Crippen LogP contribution in [0.3, 0.4) is 0 Å². The molecule has 0 saturated heterocycles. The fourth-order valence-electron chi connectivity index (χ4n) is 1.15. The molecular weight excluding hydrogens is 266 g/mol. The van der Waals surface area contributed by atoms with Crippen molar-refractivity contribution in [1.82, 2.24) is 9.97 Å². The highest BCUT2D eigenvalue weighted by Crippen LogP contribution is 2.37. The van der Waals surface area contributed by atoms with Crippen LogP contribution in [0.5, 0.6) is 0 Å². The van der Waals surface area contributed by atoms with Gasteiger partial charge in [0.2, 0.25) is 5.15 Å². The molecule has 2 aromatic rings. The maximum Gasteiger partial charge on any atom is 0.338 e. The van der Waals surface area contributed by atoms with Gasteiger partial charge < -0.3 is 4.42 Å². The van der Waals surface area contributed by atoms with Gasteiger partial charge in [-0.1, -0.05) is 23.4 Å². The average molecular weight is 272 g/mol. The van der Waals surface area contributed by atoms with E-state index in [4.69, 9.17) is 16.0 Å². The summed E-state index contributed by atoms with van der Waals surface area (Å²) in [4.78, 5) is 18.5. The smallest absolute Gasteiger partial charge is 0.338 e. The molecule has 0 aliphatic heterocycles. The van der Waals surface area contributed by atoms with Crippen LogP contribution in [0.2, 0.25) is 5.15 Å². The summed E-state index contributed by atoms with van der Waals surface area (Å²) in [6.45, 7) is 1.76.